The molecule has 1 saturated heterocycles. The summed E-state index contributed by atoms with van der Waals surface area (Å²) in [4.78, 5) is 12.4. The summed E-state index contributed by atoms with van der Waals surface area (Å²) in [5.74, 6) is -0.0447. The number of halogens is 1. The molecule has 1 aromatic heterocycles. The summed E-state index contributed by atoms with van der Waals surface area (Å²) >= 11 is 6.18. The quantitative estimate of drug-likeness (QED) is 0.807. The number of esters is 1. The van der Waals surface area contributed by atoms with Gasteiger partial charge in [0.25, 0.3) is 0 Å². The van der Waals surface area contributed by atoms with Crippen molar-refractivity contribution in [1.29, 1.82) is 0 Å². The van der Waals surface area contributed by atoms with E-state index < -0.39 is 5.97 Å². The van der Waals surface area contributed by atoms with Crippen molar-refractivity contribution in [2.75, 3.05) is 19.8 Å². The lowest BCUT2D eigenvalue weighted by Crippen LogP contribution is -2.44. The normalized spacial score (nSPS) is 16.1. The SMILES string of the molecule is Cc1onc(-c2ccccc2Cl)c1C(=O)OCC1(C)COC1. The van der Waals surface area contributed by atoms with E-state index in [4.69, 9.17) is 25.6 Å². The van der Waals surface area contributed by atoms with E-state index in [1.807, 2.05) is 19.1 Å². The van der Waals surface area contributed by atoms with E-state index in [-0.39, 0.29) is 5.41 Å². The standard InChI is InChI=1S/C16H16ClNO4/c1-10-13(15(19)21-9-16(2)7-20-8-16)14(18-22-10)11-5-3-4-6-12(11)17/h3-6H,7-9H2,1-2H3. The van der Waals surface area contributed by atoms with Gasteiger partial charge in [0.1, 0.15) is 23.6 Å². The fraction of sp³-hybridized carbons (Fsp3) is 0.375. The molecule has 1 aliphatic rings. The number of aromatic nitrogens is 1. The highest BCUT2D eigenvalue weighted by atomic mass is 35.5. The molecule has 0 unspecified atom stereocenters. The molecule has 6 heteroatoms. The third kappa shape index (κ3) is 2.74. The number of carbonyl (C=O) groups is 1. The Morgan fingerprint density at radius 3 is 2.77 bits per heavy atom. The van der Waals surface area contributed by atoms with E-state index in [9.17, 15) is 4.79 Å². The Hall–Kier alpha value is -1.85. The number of hydrogen-bond acceptors (Lipinski definition) is 5. The summed E-state index contributed by atoms with van der Waals surface area (Å²) in [6.07, 6.45) is 0. The Morgan fingerprint density at radius 1 is 1.41 bits per heavy atom. The Balaban J connectivity index is 1.86. The smallest absolute Gasteiger partial charge is 0.344 e. The Morgan fingerprint density at radius 2 is 2.14 bits per heavy atom. The molecule has 116 valence electrons. The maximum absolute atomic E-state index is 12.4. The molecule has 5 nitrogen and oxygen atoms in total. The van der Waals surface area contributed by atoms with Gasteiger partial charge in [-0.2, -0.15) is 0 Å². The van der Waals surface area contributed by atoms with E-state index in [0.29, 0.717) is 47.4 Å². The summed E-state index contributed by atoms with van der Waals surface area (Å²) in [7, 11) is 0. The van der Waals surface area contributed by atoms with Crippen molar-refractivity contribution in [2.24, 2.45) is 5.41 Å². The van der Waals surface area contributed by atoms with Crippen molar-refractivity contribution in [1.82, 2.24) is 5.16 Å². The predicted octanol–water partition coefficient (Wildman–Crippen LogP) is 3.50. The molecule has 0 aliphatic carbocycles. The van der Waals surface area contributed by atoms with Crippen molar-refractivity contribution in [3.63, 3.8) is 0 Å². The van der Waals surface area contributed by atoms with Gasteiger partial charge in [-0.1, -0.05) is 41.9 Å². The molecule has 0 bridgehead atoms. The van der Waals surface area contributed by atoms with Crippen LogP contribution in [0.15, 0.2) is 28.8 Å². The fourth-order valence-electron chi connectivity index (χ4n) is 2.30. The minimum atomic E-state index is -0.457. The fourth-order valence-corrected chi connectivity index (χ4v) is 2.52. The van der Waals surface area contributed by atoms with Crippen LogP contribution in [-0.2, 0) is 9.47 Å². The van der Waals surface area contributed by atoms with Crippen molar-refractivity contribution in [2.45, 2.75) is 13.8 Å². The van der Waals surface area contributed by atoms with Gasteiger partial charge in [0.05, 0.1) is 18.2 Å². The molecular weight excluding hydrogens is 306 g/mol. The molecule has 0 amide bonds. The van der Waals surface area contributed by atoms with E-state index in [2.05, 4.69) is 5.16 Å². The van der Waals surface area contributed by atoms with E-state index in [1.54, 1.807) is 19.1 Å². The zero-order chi connectivity index (χ0) is 15.7. The minimum absolute atomic E-state index is 0.106. The maximum atomic E-state index is 12.4. The van der Waals surface area contributed by atoms with Crippen LogP contribution >= 0.6 is 11.6 Å². The first-order chi connectivity index (χ1) is 10.5. The van der Waals surface area contributed by atoms with Crippen LogP contribution in [0.25, 0.3) is 11.3 Å². The second kappa shape index (κ2) is 5.74. The average molecular weight is 322 g/mol. The third-order valence-electron chi connectivity index (χ3n) is 3.65. The molecule has 0 spiro atoms. The molecule has 0 radical (unpaired) electrons. The number of hydrogen-bond donors (Lipinski definition) is 0. The van der Waals surface area contributed by atoms with Gasteiger partial charge in [-0.15, -0.1) is 0 Å². The predicted molar refractivity (Wildman–Crippen MR) is 80.9 cm³/mol. The second-order valence-electron chi connectivity index (χ2n) is 5.82. The van der Waals surface area contributed by atoms with Gasteiger partial charge in [-0.25, -0.2) is 4.79 Å². The first-order valence-corrected chi connectivity index (χ1v) is 7.34. The maximum Gasteiger partial charge on any atom is 0.344 e. The van der Waals surface area contributed by atoms with E-state index in [0.717, 1.165) is 0 Å². The number of benzene rings is 1. The molecule has 1 aromatic carbocycles. The summed E-state index contributed by atoms with van der Waals surface area (Å²) in [5.41, 5.74) is 1.26. The summed E-state index contributed by atoms with van der Waals surface area (Å²) in [6, 6.07) is 7.17. The van der Waals surface area contributed by atoms with Crippen LogP contribution in [-0.4, -0.2) is 30.9 Å². The van der Waals surface area contributed by atoms with Gasteiger partial charge >= 0.3 is 5.97 Å². The van der Waals surface area contributed by atoms with Crippen LogP contribution < -0.4 is 0 Å². The molecule has 1 aliphatic heterocycles. The molecule has 2 aromatic rings. The molecular formula is C16H16ClNO4. The van der Waals surface area contributed by atoms with Crippen molar-refractivity contribution in [3.05, 3.63) is 40.6 Å². The number of ether oxygens (including phenoxy) is 2. The second-order valence-corrected chi connectivity index (χ2v) is 6.23. The highest BCUT2D eigenvalue weighted by Crippen LogP contribution is 2.32. The van der Waals surface area contributed by atoms with Crippen molar-refractivity contribution in [3.8, 4) is 11.3 Å². The van der Waals surface area contributed by atoms with Gasteiger partial charge in [0.15, 0.2) is 0 Å². The number of aryl methyl sites for hydroxylation is 1. The highest BCUT2D eigenvalue weighted by Gasteiger charge is 2.35. The first kappa shape index (κ1) is 15.1. The first-order valence-electron chi connectivity index (χ1n) is 6.96. The molecule has 22 heavy (non-hydrogen) atoms. The Labute approximate surface area is 133 Å². The van der Waals surface area contributed by atoms with E-state index in [1.165, 1.54) is 0 Å². The zero-order valence-corrected chi connectivity index (χ0v) is 13.1. The van der Waals surface area contributed by atoms with Crippen LogP contribution in [0.2, 0.25) is 5.02 Å². The lowest BCUT2D eigenvalue weighted by molar-refractivity contribution is -0.127. The van der Waals surface area contributed by atoms with Gasteiger partial charge in [0, 0.05) is 11.0 Å². The minimum Gasteiger partial charge on any atom is -0.461 e. The van der Waals surface area contributed by atoms with Gasteiger partial charge in [-0.3, -0.25) is 0 Å². The lowest BCUT2D eigenvalue weighted by Gasteiger charge is -2.37. The van der Waals surface area contributed by atoms with Gasteiger partial charge in [0.2, 0.25) is 0 Å². The van der Waals surface area contributed by atoms with Crippen molar-refractivity contribution < 1.29 is 18.8 Å². The molecule has 1 fully saturated rings. The van der Waals surface area contributed by atoms with Crippen LogP contribution in [0.5, 0.6) is 0 Å². The van der Waals surface area contributed by atoms with Gasteiger partial charge < -0.3 is 14.0 Å². The third-order valence-corrected chi connectivity index (χ3v) is 3.98. The van der Waals surface area contributed by atoms with Crippen LogP contribution in [0.4, 0.5) is 0 Å². The van der Waals surface area contributed by atoms with E-state index >= 15 is 0 Å². The van der Waals surface area contributed by atoms with Crippen LogP contribution in [0.3, 0.4) is 0 Å². The largest absolute Gasteiger partial charge is 0.461 e. The molecule has 0 N–H and O–H groups in total. The van der Waals surface area contributed by atoms with Crippen molar-refractivity contribution >= 4 is 17.6 Å². The zero-order valence-electron chi connectivity index (χ0n) is 12.4. The molecule has 0 saturated carbocycles. The summed E-state index contributed by atoms with van der Waals surface area (Å²) in [5, 5.41) is 4.47. The van der Waals surface area contributed by atoms with Gasteiger partial charge in [-0.05, 0) is 13.0 Å². The monoisotopic (exact) mass is 321 g/mol. The summed E-state index contributed by atoms with van der Waals surface area (Å²) < 4.78 is 15.7. The Bertz CT molecular complexity index is 706. The topological polar surface area (TPSA) is 61.6 Å². The average Bonchev–Trinajstić information content (AvgIpc) is 2.85. The van der Waals surface area contributed by atoms with Crippen LogP contribution in [0.1, 0.15) is 23.0 Å². The molecule has 0 atom stereocenters. The number of carbonyl (C=O) groups excluding carboxylic acids is 1. The number of nitrogens with zero attached hydrogens (tertiary/aromatic N) is 1. The highest BCUT2D eigenvalue weighted by molar-refractivity contribution is 6.33. The summed E-state index contributed by atoms with van der Waals surface area (Å²) in [6.45, 7) is 5.19. The Kier molecular flexibility index (Phi) is 3.93. The lowest BCUT2D eigenvalue weighted by atomic mass is 9.90. The molecule has 2 heterocycles. The molecule has 3 rings (SSSR count). The van der Waals surface area contributed by atoms with Crippen LogP contribution in [0, 0.1) is 12.3 Å². The number of rotatable bonds is 4.